The monoisotopic (exact) mass is 296 g/mol. The van der Waals surface area contributed by atoms with Gasteiger partial charge in [0, 0.05) is 32.8 Å². The van der Waals surface area contributed by atoms with Gasteiger partial charge in [0.05, 0.1) is 6.61 Å². The number of hydrogen-bond acceptors (Lipinski definition) is 3. The molecular weight excluding hydrogens is 278 g/mol. The highest BCUT2D eigenvalue weighted by Crippen LogP contribution is 2.38. The van der Waals surface area contributed by atoms with Gasteiger partial charge >= 0.3 is 12.4 Å². The Morgan fingerprint density at radius 1 is 1.00 bits per heavy atom. The van der Waals surface area contributed by atoms with Crippen molar-refractivity contribution in [3.05, 3.63) is 0 Å². The fourth-order valence-corrected chi connectivity index (χ4v) is 1.30. The van der Waals surface area contributed by atoms with E-state index < -0.39 is 30.9 Å². The third-order valence-corrected chi connectivity index (χ3v) is 2.39. The van der Waals surface area contributed by atoms with E-state index in [-0.39, 0.29) is 6.54 Å². The molecule has 0 heterocycles. The van der Waals surface area contributed by atoms with Crippen LogP contribution < -0.4 is 10.6 Å². The molecule has 0 aromatic heterocycles. The largest absolute Gasteiger partial charge is 0.401 e. The summed E-state index contributed by atoms with van der Waals surface area (Å²) in [7, 11) is 1.49. The van der Waals surface area contributed by atoms with Crippen molar-refractivity contribution in [2.75, 3.05) is 33.4 Å². The zero-order chi connectivity index (χ0) is 15.1. The van der Waals surface area contributed by atoms with Crippen LogP contribution in [0, 0.1) is 5.92 Å². The van der Waals surface area contributed by atoms with Gasteiger partial charge in [0.15, 0.2) is 5.92 Å². The standard InChI is InChI=1S/C10H18F6N2O/c1-7(5-17-3-4-19-2)18-6-8(9(11,12)13)10(14,15)16/h7-8,17-18H,3-6H2,1-2H3. The van der Waals surface area contributed by atoms with E-state index in [1.165, 1.54) is 14.0 Å². The normalized spacial score (nSPS) is 15.0. The van der Waals surface area contributed by atoms with E-state index in [4.69, 9.17) is 4.74 Å². The highest BCUT2D eigenvalue weighted by molar-refractivity contribution is 4.79. The zero-order valence-corrected chi connectivity index (χ0v) is 10.7. The predicted molar refractivity (Wildman–Crippen MR) is 57.8 cm³/mol. The van der Waals surface area contributed by atoms with Crippen molar-refractivity contribution in [2.24, 2.45) is 5.92 Å². The minimum absolute atomic E-state index is 0.256. The van der Waals surface area contributed by atoms with Crippen molar-refractivity contribution in [2.45, 2.75) is 25.3 Å². The SMILES string of the molecule is COCCNCC(C)NCC(C(F)(F)F)C(F)(F)F. The zero-order valence-electron chi connectivity index (χ0n) is 10.7. The van der Waals surface area contributed by atoms with E-state index in [1.54, 1.807) is 0 Å². The van der Waals surface area contributed by atoms with Gasteiger partial charge in [-0.1, -0.05) is 0 Å². The quantitative estimate of drug-likeness (QED) is 0.530. The lowest BCUT2D eigenvalue weighted by molar-refractivity contribution is -0.282. The molecule has 0 fully saturated rings. The van der Waals surface area contributed by atoms with Crippen LogP contribution in [0.5, 0.6) is 0 Å². The molecular formula is C10H18F6N2O. The van der Waals surface area contributed by atoms with Crippen LogP contribution >= 0.6 is 0 Å². The smallest absolute Gasteiger partial charge is 0.383 e. The number of methoxy groups -OCH3 is 1. The van der Waals surface area contributed by atoms with Crippen LogP contribution in [0.1, 0.15) is 6.92 Å². The molecule has 0 saturated heterocycles. The Morgan fingerprint density at radius 2 is 1.53 bits per heavy atom. The molecule has 0 bridgehead atoms. The van der Waals surface area contributed by atoms with Gasteiger partial charge in [0.2, 0.25) is 0 Å². The highest BCUT2D eigenvalue weighted by Gasteiger charge is 2.56. The lowest BCUT2D eigenvalue weighted by Gasteiger charge is -2.25. The summed E-state index contributed by atoms with van der Waals surface area (Å²) in [6.07, 6.45) is -10.6. The Balaban J connectivity index is 4.12. The molecule has 2 N–H and O–H groups in total. The summed E-state index contributed by atoms with van der Waals surface area (Å²) in [5.41, 5.74) is 0. The molecule has 3 nitrogen and oxygen atoms in total. The van der Waals surface area contributed by atoms with E-state index in [1.807, 2.05) is 0 Å². The summed E-state index contributed by atoms with van der Waals surface area (Å²) in [6.45, 7) is 1.47. The summed E-state index contributed by atoms with van der Waals surface area (Å²) in [5.74, 6) is -3.35. The second kappa shape index (κ2) is 7.91. The van der Waals surface area contributed by atoms with Crippen LogP contribution in [0.4, 0.5) is 26.3 Å². The first-order chi connectivity index (χ1) is 8.59. The first-order valence-electron chi connectivity index (χ1n) is 5.65. The highest BCUT2D eigenvalue weighted by atomic mass is 19.4. The fourth-order valence-electron chi connectivity index (χ4n) is 1.30. The molecule has 116 valence electrons. The molecule has 0 saturated carbocycles. The first-order valence-corrected chi connectivity index (χ1v) is 5.65. The second-order valence-corrected chi connectivity index (χ2v) is 4.14. The van der Waals surface area contributed by atoms with Gasteiger partial charge in [-0.05, 0) is 6.92 Å². The Kier molecular flexibility index (Phi) is 7.68. The lowest BCUT2D eigenvalue weighted by Crippen LogP contribution is -2.47. The summed E-state index contributed by atoms with van der Waals surface area (Å²) in [4.78, 5) is 0. The fraction of sp³-hybridized carbons (Fsp3) is 1.00. The van der Waals surface area contributed by atoms with Gasteiger partial charge in [-0.15, -0.1) is 0 Å². The van der Waals surface area contributed by atoms with Crippen molar-refractivity contribution in [1.29, 1.82) is 0 Å². The maximum atomic E-state index is 12.2. The van der Waals surface area contributed by atoms with Crippen LogP contribution in [-0.2, 0) is 4.74 Å². The molecule has 19 heavy (non-hydrogen) atoms. The van der Waals surface area contributed by atoms with Crippen LogP contribution in [0.15, 0.2) is 0 Å². The van der Waals surface area contributed by atoms with Crippen LogP contribution in [0.2, 0.25) is 0 Å². The molecule has 0 aliphatic carbocycles. The lowest BCUT2D eigenvalue weighted by atomic mass is 10.1. The number of halogens is 6. The molecule has 0 aliphatic rings. The molecule has 9 heteroatoms. The maximum Gasteiger partial charge on any atom is 0.401 e. The number of hydrogen-bond donors (Lipinski definition) is 2. The van der Waals surface area contributed by atoms with Gasteiger partial charge in [-0.3, -0.25) is 0 Å². The predicted octanol–water partition coefficient (Wildman–Crippen LogP) is 1.94. The van der Waals surface area contributed by atoms with Crippen molar-refractivity contribution in [3.63, 3.8) is 0 Å². The maximum absolute atomic E-state index is 12.2. The molecule has 0 aromatic carbocycles. The minimum Gasteiger partial charge on any atom is -0.383 e. The van der Waals surface area contributed by atoms with Gasteiger partial charge in [0.1, 0.15) is 0 Å². The molecule has 0 amide bonds. The summed E-state index contributed by atoms with van der Waals surface area (Å²) in [6, 6.07) is -0.510. The summed E-state index contributed by atoms with van der Waals surface area (Å²) < 4.78 is 78.1. The Hall–Kier alpha value is -0.540. The van der Waals surface area contributed by atoms with E-state index >= 15 is 0 Å². The average molecular weight is 296 g/mol. The third-order valence-electron chi connectivity index (χ3n) is 2.39. The molecule has 0 rings (SSSR count). The van der Waals surface area contributed by atoms with Gasteiger partial charge < -0.3 is 15.4 Å². The van der Waals surface area contributed by atoms with Crippen molar-refractivity contribution in [1.82, 2.24) is 10.6 Å². The van der Waals surface area contributed by atoms with Crippen LogP contribution in [-0.4, -0.2) is 51.7 Å². The van der Waals surface area contributed by atoms with E-state index in [0.717, 1.165) is 0 Å². The molecule has 0 radical (unpaired) electrons. The Morgan fingerprint density at radius 3 is 1.95 bits per heavy atom. The molecule has 0 spiro atoms. The van der Waals surface area contributed by atoms with Gasteiger partial charge in [-0.25, -0.2) is 0 Å². The molecule has 0 aliphatic heterocycles. The average Bonchev–Trinajstić information content (AvgIpc) is 2.20. The minimum atomic E-state index is -5.30. The number of ether oxygens (including phenoxy) is 1. The van der Waals surface area contributed by atoms with Crippen molar-refractivity contribution < 1.29 is 31.1 Å². The molecule has 0 aromatic rings. The Labute approximate surface area is 107 Å². The number of alkyl halides is 6. The van der Waals surface area contributed by atoms with Gasteiger partial charge in [0.25, 0.3) is 0 Å². The van der Waals surface area contributed by atoms with Crippen molar-refractivity contribution >= 4 is 0 Å². The van der Waals surface area contributed by atoms with Crippen LogP contribution in [0.25, 0.3) is 0 Å². The number of rotatable bonds is 8. The third kappa shape index (κ3) is 8.27. The van der Waals surface area contributed by atoms with E-state index in [0.29, 0.717) is 13.2 Å². The first kappa shape index (κ1) is 18.5. The molecule has 1 unspecified atom stereocenters. The summed E-state index contributed by atoms with van der Waals surface area (Å²) >= 11 is 0. The number of nitrogens with one attached hydrogen (secondary N) is 2. The topological polar surface area (TPSA) is 33.3 Å². The van der Waals surface area contributed by atoms with Gasteiger partial charge in [-0.2, -0.15) is 26.3 Å². The van der Waals surface area contributed by atoms with E-state index in [9.17, 15) is 26.3 Å². The molecule has 1 atom stereocenters. The Bertz CT molecular complexity index is 229. The van der Waals surface area contributed by atoms with Crippen molar-refractivity contribution in [3.8, 4) is 0 Å². The summed E-state index contributed by atoms with van der Waals surface area (Å²) in [5, 5.41) is 5.07. The van der Waals surface area contributed by atoms with E-state index in [2.05, 4.69) is 10.6 Å². The van der Waals surface area contributed by atoms with Crippen LogP contribution in [0.3, 0.4) is 0 Å². The second-order valence-electron chi connectivity index (χ2n) is 4.14.